The minimum atomic E-state index is -0.316. The third kappa shape index (κ3) is 2.74. The first-order valence-corrected chi connectivity index (χ1v) is 8.87. The Morgan fingerprint density at radius 1 is 1.16 bits per heavy atom. The van der Waals surface area contributed by atoms with Crippen molar-refractivity contribution >= 4 is 11.6 Å². The summed E-state index contributed by atoms with van der Waals surface area (Å²) in [4.78, 5) is 15.2. The van der Waals surface area contributed by atoms with Crippen molar-refractivity contribution in [1.29, 1.82) is 0 Å². The summed E-state index contributed by atoms with van der Waals surface area (Å²) in [5.74, 6) is 0.0245. The standard InChI is InChI=1S/C21H24FN2O/c1-14-4-9-19-17(12-14)18-13-24(2,3)11-10-20(18)23(19)21(25)15-5-7-16(22)8-6-15/h4-9,12,18,20H,10-11,13H2,1-3H3/q+1/t18-,20+/m1/s1. The van der Waals surface area contributed by atoms with Crippen molar-refractivity contribution in [2.24, 2.45) is 0 Å². The molecule has 1 amide bonds. The lowest BCUT2D eigenvalue weighted by atomic mass is 9.87. The van der Waals surface area contributed by atoms with Crippen molar-refractivity contribution in [3.8, 4) is 0 Å². The van der Waals surface area contributed by atoms with Crippen LogP contribution in [0.25, 0.3) is 0 Å². The fraction of sp³-hybridized carbons (Fsp3) is 0.381. The average molecular weight is 339 g/mol. The lowest BCUT2D eigenvalue weighted by molar-refractivity contribution is -0.896. The monoisotopic (exact) mass is 339 g/mol. The molecule has 3 nitrogen and oxygen atoms in total. The van der Waals surface area contributed by atoms with Crippen LogP contribution in [0.1, 0.15) is 33.8 Å². The van der Waals surface area contributed by atoms with Gasteiger partial charge in [0.05, 0.1) is 39.1 Å². The highest BCUT2D eigenvalue weighted by atomic mass is 19.1. The Labute approximate surface area is 148 Å². The van der Waals surface area contributed by atoms with Crippen LogP contribution >= 0.6 is 0 Å². The molecule has 2 aliphatic rings. The van der Waals surface area contributed by atoms with E-state index in [1.54, 1.807) is 12.1 Å². The number of carbonyl (C=O) groups is 1. The number of quaternary nitrogens is 1. The maximum atomic E-state index is 13.2. The Kier molecular flexibility index (Phi) is 3.69. The van der Waals surface area contributed by atoms with Crippen LogP contribution < -0.4 is 4.90 Å². The molecule has 1 fully saturated rings. The number of halogens is 1. The van der Waals surface area contributed by atoms with Gasteiger partial charge >= 0.3 is 0 Å². The molecule has 4 heteroatoms. The normalized spacial score (nSPS) is 23.9. The number of amides is 1. The number of hydrogen-bond donors (Lipinski definition) is 0. The van der Waals surface area contributed by atoms with Gasteiger partial charge in [-0.05, 0) is 42.8 Å². The molecule has 25 heavy (non-hydrogen) atoms. The Balaban J connectivity index is 1.77. The molecule has 0 saturated carbocycles. The SMILES string of the molecule is Cc1ccc2c(c1)[C@H]1C[N+](C)(C)CC[C@@H]1N2C(=O)c1ccc(F)cc1. The zero-order valence-electron chi connectivity index (χ0n) is 15.0. The molecule has 2 aromatic rings. The summed E-state index contributed by atoms with van der Waals surface area (Å²) in [6.07, 6.45) is 0.984. The summed E-state index contributed by atoms with van der Waals surface area (Å²) in [5, 5.41) is 0. The van der Waals surface area contributed by atoms with E-state index in [9.17, 15) is 9.18 Å². The van der Waals surface area contributed by atoms with Crippen LogP contribution in [0.5, 0.6) is 0 Å². The highest BCUT2D eigenvalue weighted by molar-refractivity contribution is 6.08. The molecule has 2 aliphatic heterocycles. The first-order chi connectivity index (χ1) is 11.9. The molecule has 130 valence electrons. The van der Waals surface area contributed by atoms with Gasteiger partial charge in [0, 0.05) is 17.7 Å². The number of piperidine rings is 1. The van der Waals surface area contributed by atoms with E-state index in [1.165, 1.54) is 23.3 Å². The summed E-state index contributed by atoms with van der Waals surface area (Å²) < 4.78 is 14.2. The first kappa shape index (κ1) is 16.3. The predicted molar refractivity (Wildman–Crippen MR) is 97.4 cm³/mol. The Morgan fingerprint density at radius 2 is 1.88 bits per heavy atom. The zero-order valence-corrected chi connectivity index (χ0v) is 15.0. The maximum absolute atomic E-state index is 13.2. The number of nitrogens with zero attached hydrogens (tertiary/aromatic N) is 2. The Hall–Kier alpha value is -2.20. The van der Waals surface area contributed by atoms with Crippen molar-refractivity contribution in [2.45, 2.75) is 25.3 Å². The van der Waals surface area contributed by atoms with Gasteiger partial charge < -0.3 is 9.38 Å². The fourth-order valence-electron chi connectivity index (χ4n) is 4.40. The van der Waals surface area contributed by atoms with Gasteiger partial charge in [-0.2, -0.15) is 0 Å². The quantitative estimate of drug-likeness (QED) is 0.725. The van der Waals surface area contributed by atoms with Gasteiger partial charge in [-0.3, -0.25) is 4.79 Å². The molecule has 2 aromatic carbocycles. The molecule has 0 spiro atoms. The largest absolute Gasteiger partial charge is 0.328 e. The van der Waals surface area contributed by atoms with Gasteiger partial charge in [0.2, 0.25) is 0 Å². The van der Waals surface area contributed by atoms with E-state index in [2.05, 4.69) is 39.2 Å². The van der Waals surface area contributed by atoms with Crippen molar-refractivity contribution in [1.82, 2.24) is 0 Å². The number of rotatable bonds is 1. The summed E-state index contributed by atoms with van der Waals surface area (Å²) in [6.45, 7) is 4.19. The van der Waals surface area contributed by atoms with Crippen LogP contribution in [0.2, 0.25) is 0 Å². The van der Waals surface area contributed by atoms with Crippen molar-refractivity contribution in [3.63, 3.8) is 0 Å². The van der Waals surface area contributed by atoms with Crippen LogP contribution in [-0.2, 0) is 0 Å². The van der Waals surface area contributed by atoms with Crippen LogP contribution in [-0.4, -0.2) is 43.6 Å². The second-order valence-corrected chi connectivity index (χ2v) is 8.05. The molecule has 0 bridgehead atoms. The van der Waals surface area contributed by atoms with E-state index in [0.717, 1.165) is 29.7 Å². The predicted octanol–water partition coefficient (Wildman–Crippen LogP) is 3.73. The summed E-state index contributed by atoms with van der Waals surface area (Å²) in [6, 6.07) is 12.5. The Bertz CT molecular complexity index is 828. The van der Waals surface area contributed by atoms with E-state index >= 15 is 0 Å². The minimum absolute atomic E-state index is 0.0233. The topological polar surface area (TPSA) is 20.3 Å². The molecule has 0 aliphatic carbocycles. The third-order valence-corrected chi connectivity index (χ3v) is 5.67. The van der Waals surface area contributed by atoms with Crippen molar-refractivity contribution in [2.75, 3.05) is 32.1 Å². The van der Waals surface area contributed by atoms with Gasteiger partial charge in [0.15, 0.2) is 0 Å². The molecule has 0 radical (unpaired) electrons. The molecular weight excluding hydrogens is 315 g/mol. The molecule has 2 atom stereocenters. The number of benzene rings is 2. The molecule has 0 unspecified atom stereocenters. The van der Waals surface area contributed by atoms with Gasteiger partial charge in [-0.25, -0.2) is 4.39 Å². The zero-order chi connectivity index (χ0) is 17.8. The Morgan fingerprint density at radius 3 is 2.60 bits per heavy atom. The van der Waals surface area contributed by atoms with Crippen LogP contribution in [0.3, 0.4) is 0 Å². The van der Waals surface area contributed by atoms with Gasteiger partial charge in [-0.1, -0.05) is 17.7 Å². The van der Waals surface area contributed by atoms with E-state index in [1.807, 2.05) is 4.90 Å². The highest BCUT2D eigenvalue weighted by Crippen LogP contribution is 2.46. The minimum Gasteiger partial charge on any atom is -0.328 e. The van der Waals surface area contributed by atoms with Gasteiger partial charge in [0.1, 0.15) is 5.82 Å². The molecular formula is C21H24FN2O+. The van der Waals surface area contributed by atoms with E-state index in [-0.39, 0.29) is 17.8 Å². The van der Waals surface area contributed by atoms with Gasteiger partial charge in [0.25, 0.3) is 5.91 Å². The van der Waals surface area contributed by atoms with E-state index in [4.69, 9.17) is 0 Å². The maximum Gasteiger partial charge on any atom is 0.258 e. The molecule has 0 N–H and O–H groups in total. The smallest absolute Gasteiger partial charge is 0.258 e. The number of aryl methyl sites for hydroxylation is 1. The number of anilines is 1. The number of likely N-dealkylation sites (N-methyl/N-ethyl adjacent to an activating group) is 1. The summed E-state index contributed by atoms with van der Waals surface area (Å²) in [7, 11) is 4.52. The lowest BCUT2D eigenvalue weighted by Crippen LogP contribution is -2.54. The van der Waals surface area contributed by atoms with Gasteiger partial charge in [-0.15, -0.1) is 0 Å². The molecule has 4 rings (SSSR count). The number of hydrogen-bond acceptors (Lipinski definition) is 1. The van der Waals surface area contributed by atoms with Crippen LogP contribution in [0.4, 0.5) is 10.1 Å². The molecule has 0 aromatic heterocycles. The fourth-order valence-corrected chi connectivity index (χ4v) is 4.40. The molecule has 1 saturated heterocycles. The summed E-state index contributed by atoms with van der Waals surface area (Å²) in [5.41, 5.74) is 4.08. The summed E-state index contributed by atoms with van der Waals surface area (Å²) >= 11 is 0. The number of likely N-dealkylation sites (tertiary alicyclic amines) is 1. The number of carbonyl (C=O) groups excluding carboxylic acids is 1. The molecule has 2 heterocycles. The van der Waals surface area contributed by atoms with E-state index in [0.29, 0.717) is 11.5 Å². The average Bonchev–Trinajstić information content (AvgIpc) is 2.87. The van der Waals surface area contributed by atoms with Crippen LogP contribution in [0, 0.1) is 12.7 Å². The first-order valence-electron chi connectivity index (χ1n) is 8.87. The lowest BCUT2D eigenvalue weighted by Gasteiger charge is -2.41. The second kappa shape index (κ2) is 5.67. The van der Waals surface area contributed by atoms with Crippen molar-refractivity contribution < 1.29 is 13.7 Å². The highest BCUT2D eigenvalue weighted by Gasteiger charge is 2.47. The van der Waals surface area contributed by atoms with E-state index < -0.39 is 0 Å². The van der Waals surface area contributed by atoms with Crippen LogP contribution in [0.15, 0.2) is 42.5 Å². The second-order valence-electron chi connectivity index (χ2n) is 8.05. The number of fused-ring (bicyclic) bond motifs is 3. The van der Waals surface area contributed by atoms with Crippen molar-refractivity contribution in [3.05, 3.63) is 65.0 Å². The third-order valence-electron chi connectivity index (χ3n) is 5.67.